The van der Waals surface area contributed by atoms with Gasteiger partial charge in [-0.3, -0.25) is 4.79 Å². The highest BCUT2D eigenvalue weighted by molar-refractivity contribution is 6.09. The summed E-state index contributed by atoms with van der Waals surface area (Å²) >= 11 is 0. The molecule has 5 heteroatoms. The van der Waals surface area contributed by atoms with Gasteiger partial charge in [0.1, 0.15) is 5.58 Å². The predicted octanol–water partition coefficient (Wildman–Crippen LogP) is 4.39. The molecule has 0 aliphatic heterocycles. The molecule has 0 spiro atoms. The molecule has 3 aromatic rings. The van der Waals surface area contributed by atoms with Crippen LogP contribution in [0, 0.1) is 24.4 Å². The second-order valence-electron chi connectivity index (χ2n) is 4.73. The summed E-state index contributed by atoms with van der Waals surface area (Å²) < 4.78 is 44.6. The average molecular weight is 290 g/mol. The summed E-state index contributed by atoms with van der Waals surface area (Å²) in [5.74, 6) is -5.19. The predicted molar refractivity (Wildman–Crippen MR) is 70.7 cm³/mol. The minimum atomic E-state index is -1.60. The quantitative estimate of drug-likeness (QED) is 0.517. The molecule has 0 bridgehead atoms. The summed E-state index contributed by atoms with van der Waals surface area (Å²) in [4.78, 5) is 12.2. The maximum atomic E-state index is 13.2. The Morgan fingerprint density at radius 1 is 1.00 bits per heavy atom. The number of furan rings is 1. The highest BCUT2D eigenvalue weighted by Gasteiger charge is 2.19. The van der Waals surface area contributed by atoms with Crippen LogP contribution in [0.3, 0.4) is 0 Å². The van der Waals surface area contributed by atoms with Crippen LogP contribution in [0.25, 0.3) is 11.0 Å². The largest absolute Gasteiger partial charge is 0.453 e. The van der Waals surface area contributed by atoms with E-state index in [1.807, 2.05) is 19.1 Å². The molecule has 0 fully saturated rings. The van der Waals surface area contributed by atoms with Crippen LogP contribution in [0.5, 0.6) is 0 Å². The maximum Gasteiger partial charge on any atom is 0.228 e. The van der Waals surface area contributed by atoms with Crippen molar-refractivity contribution in [1.29, 1.82) is 0 Å². The molecule has 0 aliphatic rings. The zero-order chi connectivity index (χ0) is 15.1. The van der Waals surface area contributed by atoms with E-state index in [-0.39, 0.29) is 11.3 Å². The number of halogens is 3. The lowest BCUT2D eigenvalue weighted by Gasteiger charge is -2.00. The number of aryl methyl sites for hydroxylation is 1. The minimum absolute atomic E-state index is 0.0546. The highest BCUT2D eigenvalue weighted by Crippen LogP contribution is 2.23. The number of carbonyl (C=O) groups excluding carboxylic acids is 1. The zero-order valence-electron chi connectivity index (χ0n) is 10.9. The molecule has 0 saturated heterocycles. The fourth-order valence-electron chi connectivity index (χ4n) is 2.10. The topological polar surface area (TPSA) is 30.2 Å². The first-order valence-corrected chi connectivity index (χ1v) is 6.15. The van der Waals surface area contributed by atoms with Crippen LogP contribution >= 0.6 is 0 Å². The van der Waals surface area contributed by atoms with Crippen LogP contribution in [-0.4, -0.2) is 5.78 Å². The second kappa shape index (κ2) is 4.77. The fraction of sp³-hybridized carbons (Fsp3) is 0.0625. The number of fused-ring (bicyclic) bond motifs is 1. The van der Waals surface area contributed by atoms with Crippen molar-refractivity contribution in [2.75, 3.05) is 0 Å². The van der Waals surface area contributed by atoms with E-state index in [4.69, 9.17) is 4.42 Å². The number of hydrogen-bond donors (Lipinski definition) is 0. The van der Waals surface area contributed by atoms with Crippen molar-refractivity contribution in [2.24, 2.45) is 0 Å². The number of hydrogen-bond acceptors (Lipinski definition) is 2. The second-order valence-corrected chi connectivity index (χ2v) is 4.73. The van der Waals surface area contributed by atoms with Gasteiger partial charge in [0.25, 0.3) is 0 Å². The van der Waals surface area contributed by atoms with Crippen molar-refractivity contribution < 1.29 is 22.4 Å². The summed E-state index contributed by atoms with van der Waals surface area (Å²) in [6, 6.07) is 8.13. The third kappa shape index (κ3) is 2.31. The van der Waals surface area contributed by atoms with Crippen molar-refractivity contribution >= 4 is 16.8 Å². The van der Waals surface area contributed by atoms with Gasteiger partial charge in [-0.05, 0) is 37.3 Å². The van der Waals surface area contributed by atoms with Crippen molar-refractivity contribution in [1.82, 2.24) is 0 Å². The van der Waals surface area contributed by atoms with Crippen molar-refractivity contribution in [3.63, 3.8) is 0 Å². The van der Waals surface area contributed by atoms with Gasteiger partial charge in [-0.15, -0.1) is 0 Å². The van der Waals surface area contributed by atoms with Crippen LogP contribution < -0.4 is 0 Å². The summed E-state index contributed by atoms with van der Waals surface area (Å²) in [6.45, 7) is 1.89. The van der Waals surface area contributed by atoms with Gasteiger partial charge in [0.05, 0.1) is 0 Å². The first-order valence-electron chi connectivity index (χ1n) is 6.15. The van der Waals surface area contributed by atoms with E-state index in [0.717, 1.165) is 5.56 Å². The summed E-state index contributed by atoms with van der Waals surface area (Å²) in [5.41, 5.74) is 1.18. The van der Waals surface area contributed by atoms with Crippen molar-refractivity contribution in [3.05, 3.63) is 70.7 Å². The highest BCUT2D eigenvalue weighted by atomic mass is 19.2. The number of benzene rings is 2. The Labute approximate surface area is 117 Å². The molecule has 0 unspecified atom stereocenters. The molecule has 106 valence electrons. The molecular weight excluding hydrogens is 281 g/mol. The van der Waals surface area contributed by atoms with E-state index in [2.05, 4.69) is 0 Å². The molecule has 0 atom stereocenters. The standard InChI is InChI=1S/C16H9F3O2/c1-8-2-3-13-9(4-8)7-14(21-13)16(20)10-5-11(17)15(19)12(18)6-10/h2-7H,1H3. The summed E-state index contributed by atoms with van der Waals surface area (Å²) in [6.07, 6.45) is 0. The lowest BCUT2D eigenvalue weighted by Crippen LogP contribution is -2.03. The van der Waals surface area contributed by atoms with Crippen molar-refractivity contribution in [2.45, 2.75) is 6.92 Å². The van der Waals surface area contributed by atoms with Gasteiger partial charge >= 0.3 is 0 Å². The normalized spacial score (nSPS) is 11.0. The van der Waals surface area contributed by atoms with Gasteiger partial charge in [-0.25, -0.2) is 13.2 Å². The Morgan fingerprint density at radius 2 is 1.67 bits per heavy atom. The van der Waals surface area contributed by atoms with Gasteiger partial charge in [0, 0.05) is 10.9 Å². The summed E-state index contributed by atoms with van der Waals surface area (Å²) in [5, 5.41) is 0.710. The molecule has 0 N–H and O–H groups in total. The van der Waals surface area contributed by atoms with Crippen LogP contribution in [0.4, 0.5) is 13.2 Å². The smallest absolute Gasteiger partial charge is 0.228 e. The average Bonchev–Trinajstić information content (AvgIpc) is 2.86. The van der Waals surface area contributed by atoms with Gasteiger partial charge in [0.15, 0.2) is 23.2 Å². The Morgan fingerprint density at radius 3 is 2.33 bits per heavy atom. The first-order chi connectivity index (χ1) is 9.95. The first kappa shape index (κ1) is 13.4. The Kier molecular flexibility index (Phi) is 3.05. The van der Waals surface area contributed by atoms with Crippen LogP contribution in [0.2, 0.25) is 0 Å². The molecule has 0 aliphatic carbocycles. The van der Waals surface area contributed by atoms with E-state index in [9.17, 15) is 18.0 Å². The molecule has 0 amide bonds. The van der Waals surface area contributed by atoms with Gasteiger partial charge in [-0.1, -0.05) is 11.6 Å². The number of carbonyl (C=O) groups is 1. The molecule has 0 radical (unpaired) electrons. The Balaban J connectivity index is 2.08. The Bertz CT molecular complexity index is 842. The molecule has 0 saturated carbocycles. The molecule has 1 aromatic heterocycles. The van der Waals surface area contributed by atoms with E-state index in [0.29, 0.717) is 23.1 Å². The fourth-order valence-corrected chi connectivity index (χ4v) is 2.10. The maximum absolute atomic E-state index is 13.2. The third-order valence-corrected chi connectivity index (χ3v) is 3.14. The Hall–Kier alpha value is -2.56. The lowest BCUT2D eigenvalue weighted by molar-refractivity contribution is 0.101. The van der Waals surface area contributed by atoms with Crippen LogP contribution in [-0.2, 0) is 0 Å². The van der Waals surface area contributed by atoms with Gasteiger partial charge < -0.3 is 4.42 Å². The third-order valence-electron chi connectivity index (χ3n) is 3.14. The van der Waals surface area contributed by atoms with Gasteiger partial charge in [-0.2, -0.15) is 0 Å². The minimum Gasteiger partial charge on any atom is -0.453 e. The molecule has 1 heterocycles. The number of ketones is 1. The monoisotopic (exact) mass is 290 g/mol. The molecule has 2 nitrogen and oxygen atoms in total. The molecule has 21 heavy (non-hydrogen) atoms. The molecular formula is C16H9F3O2. The van der Waals surface area contributed by atoms with E-state index in [1.54, 1.807) is 6.07 Å². The van der Waals surface area contributed by atoms with Crippen LogP contribution in [0.1, 0.15) is 21.7 Å². The SMILES string of the molecule is Cc1ccc2oc(C(=O)c3cc(F)c(F)c(F)c3)cc2c1. The van der Waals surface area contributed by atoms with E-state index in [1.165, 1.54) is 6.07 Å². The van der Waals surface area contributed by atoms with E-state index < -0.39 is 23.2 Å². The number of rotatable bonds is 2. The zero-order valence-corrected chi connectivity index (χ0v) is 10.9. The molecule has 2 aromatic carbocycles. The van der Waals surface area contributed by atoms with Crippen molar-refractivity contribution in [3.8, 4) is 0 Å². The summed E-state index contributed by atoms with van der Waals surface area (Å²) in [7, 11) is 0. The molecule has 3 rings (SSSR count). The lowest BCUT2D eigenvalue weighted by atomic mass is 10.1. The van der Waals surface area contributed by atoms with Crippen LogP contribution in [0.15, 0.2) is 40.8 Å². The van der Waals surface area contributed by atoms with Gasteiger partial charge in [0.2, 0.25) is 5.78 Å². The van der Waals surface area contributed by atoms with E-state index >= 15 is 0 Å².